The van der Waals surface area contributed by atoms with Gasteiger partial charge in [0.15, 0.2) is 0 Å². The van der Waals surface area contributed by atoms with Crippen LogP contribution in [0.5, 0.6) is 0 Å². The van der Waals surface area contributed by atoms with E-state index in [1.165, 1.54) is 7.11 Å². The van der Waals surface area contributed by atoms with Crippen molar-refractivity contribution in [3.63, 3.8) is 0 Å². The molecule has 0 unspecified atom stereocenters. The van der Waals surface area contributed by atoms with Crippen molar-refractivity contribution in [2.45, 2.75) is 46.6 Å². The molecule has 0 amide bonds. The summed E-state index contributed by atoms with van der Waals surface area (Å²) in [5, 5.41) is 15.3. The molecule has 40 heavy (non-hydrogen) atoms. The molecule has 0 aliphatic heterocycles. The fourth-order valence-electron chi connectivity index (χ4n) is 5.02. The quantitative estimate of drug-likeness (QED) is 0.257. The number of aromatic nitrogens is 6. The molecular formula is C31H33N7O2. The van der Waals surface area contributed by atoms with Crippen LogP contribution in [0.1, 0.15) is 54.0 Å². The molecule has 9 heteroatoms. The highest BCUT2D eigenvalue weighted by molar-refractivity contribution is 6.04. The number of nitrogens with one attached hydrogen (secondary N) is 1. The first-order chi connectivity index (χ1) is 19.5. The number of methoxy groups -OCH3 is 1. The van der Waals surface area contributed by atoms with E-state index in [1.54, 1.807) is 0 Å². The molecule has 0 saturated carbocycles. The zero-order chi connectivity index (χ0) is 28.1. The highest BCUT2D eigenvalue weighted by atomic mass is 16.5. The predicted molar refractivity (Wildman–Crippen MR) is 155 cm³/mol. The number of esters is 1. The van der Waals surface area contributed by atoms with Crippen molar-refractivity contribution in [1.82, 2.24) is 30.2 Å². The number of aromatic amines is 1. The lowest BCUT2D eigenvalue weighted by Gasteiger charge is -2.18. The largest absolute Gasteiger partial charge is 0.465 e. The fourth-order valence-corrected chi connectivity index (χ4v) is 5.02. The molecule has 0 aliphatic rings. The van der Waals surface area contributed by atoms with Crippen molar-refractivity contribution in [2.75, 3.05) is 13.7 Å². The summed E-state index contributed by atoms with van der Waals surface area (Å²) in [5.74, 6) is 1.13. The molecule has 0 radical (unpaired) electrons. The number of H-pyrrole nitrogens is 1. The number of fused-ring (bicyclic) bond motifs is 1. The van der Waals surface area contributed by atoms with Crippen molar-refractivity contribution in [1.29, 1.82) is 0 Å². The number of ether oxygens (including phenoxy) is 1. The molecule has 0 atom stereocenters. The molecule has 2 aromatic heterocycles. The van der Waals surface area contributed by atoms with Crippen molar-refractivity contribution in [2.24, 2.45) is 4.99 Å². The van der Waals surface area contributed by atoms with Crippen LogP contribution < -0.4 is 5.49 Å². The Hall–Kier alpha value is -4.66. The Kier molecular flexibility index (Phi) is 8.10. The van der Waals surface area contributed by atoms with Crippen LogP contribution in [-0.4, -0.2) is 49.8 Å². The zero-order valence-electron chi connectivity index (χ0n) is 23.3. The van der Waals surface area contributed by atoms with Crippen LogP contribution in [0.2, 0.25) is 0 Å². The Bertz CT molecular complexity index is 1710. The van der Waals surface area contributed by atoms with E-state index in [0.29, 0.717) is 24.5 Å². The van der Waals surface area contributed by atoms with E-state index in [4.69, 9.17) is 14.7 Å². The van der Waals surface area contributed by atoms with E-state index in [-0.39, 0.29) is 5.97 Å². The van der Waals surface area contributed by atoms with Crippen LogP contribution in [-0.2, 0) is 17.7 Å². The topological polar surface area (TPSA) is 111 Å². The van der Waals surface area contributed by atoms with E-state index >= 15 is 0 Å². The van der Waals surface area contributed by atoms with E-state index in [1.807, 2.05) is 44.2 Å². The van der Waals surface area contributed by atoms with Gasteiger partial charge in [-0.15, -0.1) is 10.2 Å². The lowest BCUT2D eigenvalue weighted by atomic mass is 9.98. The molecule has 9 nitrogen and oxygen atoms in total. The third kappa shape index (κ3) is 5.27. The molecule has 0 bridgehead atoms. The lowest BCUT2D eigenvalue weighted by Crippen LogP contribution is -2.29. The summed E-state index contributed by atoms with van der Waals surface area (Å²) in [6, 6.07) is 20.4. The van der Waals surface area contributed by atoms with Gasteiger partial charge >= 0.3 is 5.97 Å². The first-order valence-electron chi connectivity index (χ1n) is 13.6. The van der Waals surface area contributed by atoms with Crippen molar-refractivity contribution in [3.05, 3.63) is 88.7 Å². The molecule has 0 spiro atoms. The maximum atomic E-state index is 12.9. The number of hydrogen-bond donors (Lipinski definition) is 1. The summed E-state index contributed by atoms with van der Waals surface area (Å²) in [4.78, 5) is 22.9. The average molecular weight is 536 g/mol. The number of nitrogens with zero attached hydrogens (tertiary/aromatic N) is 6. The highest BCUT2D eigenvalue weighted by Gasteiger charge is 2.20. The van der Waals surface area contributed by atoms with Gasteiger partial charge < -0.3 is 9.30 Å². The SMILES string of the molecule is CCCCc1nc2ccc(C)c(C(=O)OC)c2c(=NCC)n1Cc1ccc(-c2ccccc2-c2nn[nH]n2)cc1. The van der Waals surface area contributed by atoms with Crippen LogP contribution in [0.3, 0.4) is 0 Å². The Morgan fingerprint density at radius 1 is 1.02 bits per heavy atom. The minimum atomic E-state index is -0.380. The molecule has 204 valence electrons. The Balaban J connectivity index is 1.63. The predicted octanol–water partition coefficient (Wildman–Crippen LogP) is 5.29. The van der Waals surface area contributed by atoms with Gasteiger partial charge in [0.1, 0.15) is 11.3 Å². The summed E-state index contributed by atoms with van der Waals surface area (Å²) in [6.07, 6.45) is 2.87. The molecular weight excluding hydrogens is 502 g/mol. The van der Waals surface area contributed by atoms with Crippen LogP contribution >= 0.6 is 0 Å². The number of tetrazole rings is 1. The molecule has 3 aromatic carbocycles. The Morgan fingerprint density at radius 3 is 2.48 bits per heavy atom. The second kappa shape index (κ2) is 12.0. The monoisotopic (exact) mass is 535 g/mol. The number of aryl methyl sites for hydroxylation is 2. The Morgan fingerprint density at radius 2 is 1.80 bits per heavy atom. The summed E-state index contributed by atoms with van der Waals surface area (Å²) >= 11 is 0. The van der Waals surface area contributed by atoms with Gasteiger partial charge in [0.05, 0.1) is 30.1 Å². The van der Waals surface area contributed by atoms with Gasteiger partial charge in [0.25, 0.3) is 0 Å². The van der Waals surface area contributed by atoms with Crippen molar-refractivity contribution in [3.8, 4) is 22.5 Å². The van der Waals surface area contributed by atoms with Gasteiger partial charge in [-0.05, 0) is 53.8 Å². The molecule has 0 aliphatic carbocycles. The van der Waals surface area contributed by atoms with Crippen LogP contribution in [0.15, 0.2) is 65.7 Å². The first-order valence-corrected chi connectivity index (χ1v) is 13.6. The number of carbonyl (C=O) groups excluding carboxylic acids is 1. The second-order valence-electron chi connectivity index (χ2n) is 9.64. The molecule has 5 aromatic rings. The van der Waals surface area contributed by atoms with Crippen molar-refractivity contribution < 1.29 is 9.53 Å². The Labute approximate surface area is 233 Å². The molecule has 1 N–H and O–H groups in total. The normalized spacial score (nSPS) is 11.8. The lowest BCUT2D eigenvalue weighted by molar-refractivity contribution is 0.0602. The van der Waals surface area contributed by atoms with Gasteiger partial charge in [0.2, 0.25) is 5.82 Å². The van der Waals surface area contributed by atoms with E-state index in [0.717, 1.165) is 69.3 Å². The van der Waals surface area contributed by atoms with Gasteiger partial charge in [0, 0.05) is 18.5 Å². The molecule has 0 saturated heterocycles. The van der Waals surface area contributed by atoms with Gasteiger partial charge in [-0.1, -0.05) is 67.9 Å². The number of hydrogen-bond acceptors (Lipinski definition) is 7. The average Bonchev–Trinajstić information content (AvgIpc) is 3.53. The van der Waals surface area contributed by atoms with Gasteiger partial charge in [-0.2, -0.15) is 5.21 Å². The standard InChI is InChI=1S/C31H33N7O2/c1-5-7-12-26-33-25-18-13-20(3)27(31(39)40-4)28(25)30(32-6-2)38(26)19-21-14-16-22(17-15-21)23-10-8-9-11-24(23)29-34-36-37-35-29/h8-11,13-18H,5-7,12,19H2,1-4H3,(H,34,35,36,37). The fraction of sp³-hybridized carbons (Fsp3) is 0.290. The number of unbranched alkanes of at least 4 members (excludes halogenated alkanes) is 1. The minimum absolute atomic E-state index is 0.380. The number of benzene rings is 3. The molecule has 0 fully saturated rings. The summed E-state index contributed by atoms with van der Waals surface area (Å²) < 4.78 is 7.33. The first kappa shape index (κ1) is 26.9. The van der Waals surface area contributed by atoms with Gasteiger partial charge in [-0.3, -0.25) is 4.99 Å². The highest BCUT2D eigenvalue weighted by Crippen LogP contribution is 2.30. The van der Waals surface area contributed by atoms with Gasteiger partial charge in [-0.25, -0.2) is 9.78 Å². The maximum Gasteiger partial charge on any atom is 0.338 e. The summed E-state index contributed by atoms with van der Waals surface area (Å²) in [7, 11) is 1.41. The van der Waals surface area contributed by atoms with Crippen LogP contribution in [0, 0.1) is 6.92 Å². The van der Waals surface area contributed by atoms with Crippen LogP contribution in [0.4, 0.5) is 0 Å². The number of rotatable bonds is 9. The van der Waals surface area contributed by atoms with Crippen molar-refractivity contribution >= 4 is 16.9 Å². The van der Waals surface area contributed by atoms with Crippen LogP contribution in [0.25, 0.3) is 33.4 Å². The minimum Gasteiger partial charge on any atom is -0.465 e. The smallest absolute Gasteiger partial charge is 0.338 e. The molecule has 5 rings (SSSR count). The third-order valence-corrected chi connectivity index (χ3v) is 7.00. The second-order valence-corrected chi connectivity index (χ2v) is 9.64. The van der Waals surface area contributed by atoms with E-state index in [9.17, 15) is 4.79 Å². The third-order valence-electron chi connectivity index (χ3n) is 7.00. The maximum absolute atomic E-state index is 12.9. The summed E-state index contributed by atoms with van der Waals surface area (Å²) in [5.41, 5.74) is 6.97. The zero-order valence-corrected chi connectivity index (χ0v) is 23.3. The molecule has 2 heterocycles. The number of carbonyl (C=O) groups is 1. The van der Waals surface area contributed by atoms with E-state index in [2.05, 4.69) is 62.4 Å². The summed E-state index contributed by atoms with van der Waals surface area (Å²) in [6.45, 7) is 7.25. The van der Waals surface area contributed by atoms with E-state index < -0.39 is 0 Å².